The highest BCUT2D eigenvalue weighted by molar-refractivity contribution is 7.91. The molecular formula is C19H22N2O4S2. The first-order valence-corrected chi connectivity index (χ1v) is 11.1. The van der Waals surface area contributed by atoms with Gasteiger partial charge in [0.25, 0.3) is 10.0 Å². The van der Waals surface area contributed by atoms with E-state index in [9.17, 15) is 8.42 Å². The Bertz CT molecular complexity index is 929. The molecule has 2 aliphatic heterocycles. The van der Waals surface area contributed by atoms with Crippen LogP contribution in [0.3, 0.4) is 0 Å². The number of hydrogen-bond acceptors (Lipinski definition) is 6. The molecule has 0 radical (unpaired) electrons. The van der Waals surface area contributed by atoms with E-state index in [1.807, 2.05) is 41.8 Å². The predicted molar refractivity (Wildman–Crippen MR) is 105 cm³/mol. The smallest absolute Gasteiger partial charge is 0.274 e. The lowest BCUT2D eigenvalue weighted by Gasteiger charge is -2.34. The van der Waals surface area contributed by atoms with E-state index in [4.69, 9.17) is 9.47 Å². The Hall–Kier alpha value is -1.87. The van der Waals surface area contributed by atoms with Crippen LogP contribution >= 0.6 is 11.3 Å². The minimum absolute atomic E-state index is 0.305. The molecule has 0 spiro atoms. The van der Waals surface area contributed by atoms with E-state index in [0.29, 0.717) is 30.5 Å². The Kier molecular flexibility index (Phi) is 5.23. The summed E-state index contributed by atoms with van der Waals surface area (Å²) in [5.74, 6) is 0.755. The number of hydrogen-bond donors (Lipinski definition) is 0. The molecule has 0 amide bonds. The number of sulfonamides is 1. The standard InChI is InChI=1S/C19H22N2O4S2/c1-24-18-4-2-15(3-5-18)13-21-17(14-20-7-9-25-10-8-20)12-16-6-11-26-19(16)27(21,22)23/h2-6,11-12H,7-10,13-14H2,1H3. The molecule has 8 heteroatoms. The van der Waals surface area contributed by atoms with E-state index in [0.717, 1.165) is 35.7 Å². The van der Waals surface area contributed by atoms with Crippen LogP contribution in [-0.2, 0) is 21.3 Å². The van der Waals surface area contributed by atoms with Crippen LogP contribution in [0.25, 0.3) is 6.08 Å². The number of nitrogens with zero attached hydrogens (tertiary/aromatic N) is 2. The third-order valence-corrected chi connectivity index (χ3v) is 8.09. The van der Waals surface area contributed by atoms with Gasteiger partial charge in [0.05, 0.1) is 26.9 Å². The molecular weight excluding hydrogens is 384 g/mol. The quantitative estimate of drug-likeness (QED) is 0.764. The molecule has 4 rings (SSSR count). The van der Waals surface area contributed by atoms with Gasteiger partial charge in [0, 0.05) is 30.9 Å². The van der Waals surface area contributed by atoms with Crippen molar-refractivity contribution in [3.8, 4) is 5.75 Å². The van der Waals surface area contributed by atoms with Crippen molar-refractivity contribution in [3.05, 3.63) is 52.5 Å². The molecule has 27 heavy (non-hydrogen) atoms. The second-order valence-electron chi connectivity index (χ2n) is 6.55. The van der Waals surface area contributed by atoms with Crippen LogP contribution in [-0.4, -0.2) is 57.6 Å². The van der Waals surface area contributed by atoms with Crippen LogP contribution in [0.5, 0.6) is 5.75 Å². The highest BCUT2D eigenvalue weighted by Gasteiger charge is 2.34. The minimum atomic E-state index is -3.56. The van der Waals surface area contributed by atoms with Crippen molar-refractivity contribution in [3.63, 3.8) is 0 Å². The summed E-state index contributed by atoms with van der Waals surface area (Å²) in [6.07, 6.45) is 2.01. The summed E-state index contributed by atoms with van der Waals surface area (Å²) in [6, 6.07) is 9.40. The average Bonchev–Trinajstić information content (AvgIpc) is 3.16. The molecule has 0 unspecified atom stereocenters. The number of morpholine rings is 1. The summed E-state index contributed by atoms with van der Waals surface area (Å²) in [6.45, 7) is 3.88. The lowest BCUT2D eigenvalue weighted by Crippen LogP contribution is -2.42. The molecule has 1 fully saturated rings. The predicted octanol–water partition coefficient (Wildman–Crippen LogP) is 2.63. The van der Waals surface area contributed by atoms with Crippen LogP contribution in [0.4, 0.5) is 0 Å². The summed E-state index contributed by atoms with van der Waals surface area (Å²) in [4.78, 5) is 2.24. The van der Waals surface area contributed by atoms with E-state index in [2.05, 4.69) is 4.90 Å². The highest BCUT2D eigenvalue weighted by Crippen LogP contribution is 2.36. The van der Waals surface area contributed by atoms with E-state index in [1.165, 1.54) is 11.3 Å². The van der Waals surface area contributed by atoms with Gasteiger partial charge in [-0.1, -0.05) is 12.1 Å². The number of methoxy groups -OCH3 is 1. The molecule has 6 nitrogen and oxygen atoms in total. The van der Waals surface area contributed by atoms with Crippen molar-refractivity contribution in [1.29, 1.82) is 0 Å². The lowest BCUT2D eigenvalue weighted by atomic mass is 10.2. The van der Waals surface area contributed by atoms with Crippen LogP contribution in [0.15, 0.2) is 45.6 Å². The second-order valence-corrected chi connectivity index (χ2v) is 9.52. The molecule has 0 aliphatic carbocycles. The number of ether oxygens (including phenoxy) is 2. The van der Waals surface area contributed by atoms with Gasteiger partial charge in [-0.05, 0) is 35.2 Å². The van der Waals surface area contributed by atoms with Gasteiger partial charge >= 0.3 is 0 Å². The first-order chi connectivity index (χ1) is 13.1. The maximum absolute atomic E-state index is 13.3. The fourth-order valence-corrected chi connectivity index (χ4v) is 6.21. The zero-order chi connectivity index (χ0) is 18.9. The minimum Gasteiger partial charge on any atom is -0.497 e. The molecule has 0 atom stereocenters. The fourth-order valence-electron chi connectivity index (χ4n) is 3.32. The van der Waals surface area contributed by atoms with E-state index >= 15 is 0 Å². The molecule has 2 aromatic rings. The zero-order valence-electron chi connectivity index (χ0n) is 15.1. The molecule has 1 aromatic carbocycles. The van der Waals surface area contributed by atoms with Gasteiger partial charge in [0.2, 0.25) is 0 Å². The van der Waals surface area contributed by atoms with Gasteiger partial charge in [-0.15, -0.1) is 11.3 Å². The molecule has 0 N–H and O–H groups in total. The zero-order valence-corrected chi connectivity index (χ0v) is 16.8. The van der Waals surface area contributed by atoms with Crippen LogP contribution in [0.1, 0.15) is 11.1 Å². The van der Waals surface area contributed by atoms with Gasteiger partial charge in [0.1, 0.15) is 9.96 Å². The molecule has 1 saturated heterocycles. The maximum Gasteiger partial charge on any atom is 0.274 e. The first-order valence-electron chi connectivity index (χ1n) is 8.82. The Morgan fingerprint density at radius 2 is 1.85 bits per heavy atom. The number of thiophene rings is 1. The largest absolute Gasteiger partial charge is 0.497 e. The van der Waals surface area contributed by atoms with E-state index in [1.54, 1.807) is 11.4 Å². The molecule has 0 bridgehead atoms. The third kappa shape index (κ3) is 3.75. The Balaban J connectivity index is 1.66. The van der Waals surface area contributed by atoms with Crippen molar-refractivity contribution in [1.82, 2.24) is 9.21 Å². The Labute approximate surface area is 163 Å². The summed E-state index contributed by atoms with van der Waals surface area (Å²) in [7, 11) is -1.94. The van der Waals surface area contributed by atoms with Crippen molar-refractivity contribution < 1.29 is 17.9 Å². The van der Waals surface area contributed by atoms with Crippen molar-refractivity contribution in [2.24, 2.45) is 0 Å². The lowest BCUT2D eigenvalue weighted by molar-refractivity contribution is 0.0405. The number of rotatable bonds is 5. The Morgan fingerprint density at radius 3 is 2.56 bits per heavy atom. The van der Waals surface area contributed by atoms with Crippen molar-refractivity contribution in [2.75, 3.05) is 40.0 Å². The van der Waals surface area contributed by atoms with Crippen LogP contribution in [0, 0.1) is 0 Å². The highest BCUT2D eigenvalue weighted by atomic mass is 32.2. The van der Waals surface area contributed by atoms with Crippen molar-refractivity contribution in [2.45, 2.75) is 10.8 Å². The maximum atomic E-state index is 13.3. The summed E-state index contributed by atoms with van der Waals surface area (Å²) in [5.41, 5.74) is 2.51. The second kappa shape index (κ2) is 7.63. The molecule has 144 valence electrons. The Morgan fingerprint density at radius 1 is 1.11 bits per heavy atom. The van der Waals surface area contributed by atoms with Gasteiger partial charge in [0.15, 0.2) is 0 Å². The normalized spacial score (nSPS) is 19.4. The van der Waals surface area contributed by atoms with Crippen molar-refractivity contribution >= 4 is 27.4 Å². The van der Waals surface area contributed by atoms with Gasteiger partial charge in [-0.2, -0.15) is 0 Å². The van der Waals surface area contributed by atoms with Gasteiger partial charge in [-0.3, -0.25) is 9.21 Å². The summed E-state index contributed by atoms with van der Waals surface area (Å²) >= 11 is 1.27. The number of fused-ring (bicyclic) bond motifs is 1. The van der Waals surface area contributed by atoms with Gasteiger partial charge < -0.3 is 9.47 Å². The SMILES string of the molecule is COc1ccc(CN2C(CN3CCOCC3)=Cc3ccsc3S2(=O)=O)cc1. The van der Waals surface area contributed by atoms with Crippen LogP contribution in [0.2, 0.25) is 0 Å². The molecule has 1 aromatic heterocycles. The summed E-state index contributed by atoms with van der Waals surface area (Å²) in [5, 5.41) is 1.84. The van der Waals surface area contributed by atoms with E-state index < -0.39 is 10.0 Å². The molecule has 2 aliphatic rings. The van der Waals surface area contributed by atoms with Gasteiger partial charge in [-0.25, -0.2) is 8.42 Å². The average molecular weight is 407 g/mol. The van der Waals surface area contributed by atoms with Crippen LogP contribution < -0.4 is 4.74 Å². The number of benzene rings is 1. The first kappa shape index (κ1) is 18.5. The third-order valence-electron chi connectivity index (χ3n) is 4.80. The monoisotopic (exact) mass is 406 g/mol. The fraction of sp³-hybridized carbons (Fsp3) is 0.368. The summed E-state index contributed by atoms with van der Waals surface area (Å²) < 4.78 is 39.1. The topological polar surface area (TPSA) is 59.1 Å². The molecule has 3 heterocycles. The molecule has 0 saturated carbocycles. The van der Waals surface area contributed by atoms with E-state index in [-0.39, 0.29) is 0 Å².